The molecular formula is C12H17F2NO4S. The van der Waals surface area contributed by atoms with Crippen LogP contribution in [-0.4, -0.2) is 33.1 Å². The van der Waals surface area contributed by atoms with Gasteiger partial charge in [-0.15, -0.1) is 0 Å². The summed E-state index contributed by atoms with van der Waals surface area (Å²) in [5, 5.41) is 9.21. The van der Waals surface area contributed by atoms with E-state index in [0.29, 0.717) is 17.9 Å². The van der Waals surface area contributed by atoms with Crippen LogP contribution in [0.1, 0.15) is 18.9 Å². The van der Waals surface area contributed by atoms with Gasteiger partial charge in [-0.2, -0.15) is 0 Å². The molecular weight excluding hydrogens is 292 g/mol. The Kier molecular flexibility index (Phi) is 6.31. The fourth-order valence-electron chi connectivity index (χ4n) is 1.46. The number of benzene rings is 1. The average Bonchev–Trinajstić information content (AvgIpc) is 2.42. The molecule has 114 valence electrons. The predicted octanol–water partition coefficient (Wildman–Crippen LogP) is 1.51. The lowest BCUT2D eigenvalue weighted by Gasteiger charge is -2.12. The fourth-order valence-corrected chi connectivity index (χ4v) is 2.51. The van der Waals surface area contributed by atoms with Gasteiger partial charge in [0.1, 0.15) is 5.75 Å². The van der Waals surface area contributed by atoms with Gasteiger partial charge in [0.25, 0.3) is 6.43 Å². The van der Waals surface area contributed by atoms with E-state index in [1.165, 1.54) is 18.2 Å². The van der Waals surface area contributed by atoms with Crippen LogP contribution in [-0.2, 0) is 16.6 Å². The minimum Gasteiger partial charge on any atom is -0.493 e. The van der Waals surface area contributed by atoms with E-state index < -0.39 is 29.6 Å². The first-order valence-corrected chi connectivity index (χ1v) is 7.53. The van der Waals surface area contributed by atoms with Gasteiger partial charge < -0.3 is 9.84 Å². The van der Waals surface area contributed by atoms with Crippen LogP contribution >= 0.6 is 0 Å². The molecule has 0 aromatic heterocycles. The maximum absolute atomic E-state index is 12.0. The number of rotatable bonds is 8. The first kappa shape index (κ1) is 16.8. The second kappa shape index (κ2) is 7.51. The molecule has 1 aromatic carbocycles. The molecule has 0 heterocycles. The zero-order valence-corrected chi connectivity index (χ0v) is 11.8. The quantitative estimate of drug-likeness (QED) is 0.763. The van der Waals surface area contributed by atoms with E-state index in [4.69, 9.17) is 4.74 Å². The van der Waals surface area contributed by atoms with Gasteiger partial charge in [-0.3, -0.25) is 0 Å². The van der Waals surface area contributed by atoms with E-state index in [-0.39, 0.29) is 4.90 Å². The normalized spacial score (nSPS) is 11.8. The van der Waals surface area contributed by atoms with E-state index in [9.17, 15) is 22.3 Å². The zero-order chi connectivity index (χ0) is 15.2. The van der Waals surface area contributed by atoms with E-state index in [0.717, 1.165) is 6.42 Å². The molecule has 2 N–H and O–H groups in total. The number of sulfonamides is 1. The SMILES string of the molecule is CCCOc1ccc(S(=O)(=O)NCC(F)F)cc1CO. The van der Waals surface area contributed by atoms with Crippen molar-refractivity contribution in [3.63, 3.8) is 0 Å². The Balaban J connectivity index is 2.96. The van der Waals surface area contributed by atoms with E-state index >= 15 is 0 Å². The monoisotopic (exact) mass is 309 g/mol. The highest BCUT2D eigenvalue weighted by Gasteiger charge is 2.18. The Morgan fingerprint density at radius 1 is 1.40 bits per heavy atom. The van der Waals surface area contributed by atoms with Gasteiger partial charge in [0.15, 0.2) is 0 Å². The van der Waals surface area contributed by atoms with Gasteiger partial charge in [-0.25, -0.2) is 21.9 Å². The molecule has 0 saturated carbocycles. The van der Waals surface area contributed by atoms with Crippen molar-refractivity contribution in [3.05, 3.63) is 23.8 Å². The molecule has 1 rings (SSSR count). The number of halogens is 2. The summed E-state index contributed by atoms with van der Waals surface area (Å²) in [6, 6.07) is 3.86. The standard InChI is InChI=1S/C12H17F2NO4S/c1-2-5-19-11-4-3-10(6-9(11)8-16)20(17,18)15-7-12(13)14/h3-4,6,12,15-16H,2,5,7-8H2,1H3. The number of aliphatic hydroxyl groups excluding tert-OH is 1. The van der Waals surface area contributed by atoms with Crippen molar-refractivity contribution < 1.29 is 27.0 Å². The average molecular weight is 309 g/mol. The second-order valence-electron chi connectivity index (χ2n) is 4.02. The Labute approximate surface area is 116 Å². The molecule has 0 bridgehead atoms. The lowest BCUT2D eigenvalue weighted by atomic mass is 10.2. The van der Waals surface area contributed by atoms with Crippen LogP contribution in [0, 0.1) is 0 Å². The third kappa shape index (κ3) is 4.69. The molecule has 0 saturated heterocycles. The van der Waals surface area contributed by atoms with Crippen LogP contribution in [0.2, 0.25) is 0 Å². The summed E-state index contributed by atoms with van der Waals surface area (Å²) in [5.74, 6) is 0.377. The first-order chi connectivity index (χ1) is 9.40. The molecule has 0 aliphatic heterocycles. The number of hydrogen-bond acceptors (Lipinski definition) is 4. The molecule has 0 unspecified atom stereocenters. The Bertz CT molecular complexity index is 534. The van der Waals surface area contributed by atoms with Crippen LogP contribution in [0.4, 0.5) is 8.78 Å². The van der Waals surface area contributed by atoms with Gasteiger partial charge in [-0.05, 0) is 24.6 Å². The number of hydrogen-bond donors (Lipinski definition) is 2. The lowest BCUT2D eigenvalue weighted by Crippen LogP contribution is -2.28. The summed E-state index contributed by atoms with van der Waals surface area (Å²) in [5.41, 5.74) is 0.290. The molecule has 20 heavy (non-hydrogen) atoms. The minimum atomic E-state index is -4.02. The molecule has 8 heteroatoms. The van der Waals surface area contributed by atoms with Crippen molar-refractivity contribution in [2.75, 3.05) is 13.2 Å². The Morgan fingerprint density at radius 3 is 2.65 bits per heavy atom. The maximum atomic E-state index is 12.0. The zero-order valence-electron chi connectivity index (χ0n) is 11.0. The summed E-state index contributed by atoms with van der Waals surface area (Å²) in [6.07, 6.45) is -2.00. The van der Waals surface area contributed by atoms with E-state index in [1.807, 2.05) is 6.92 Å². The first-order valence-electron chi connectivity index (χ1n) is 6.05. The number of aliphatic hydroxyl groups is 1. The molecule has 1 aromatic rings. The van der Waals surface area contributed by atoms with Gasteiger partial charge in [0, 0.05) is 5.56 Å². The third-order valence-electron chi connectivity index (χ3n) is 2.40. The summed E-state index contributed by atoms with van der Waals surface area (Å²) in [6.45, 7) is 0.983. The second-order valence-corrected chi connectivity index (χ2v) is 5.79. The third-order valence-corrected chi connectivity index (χ3v) is 3.82. The highest BCUT2D eigenvalue weighted by atomic mass is 32.2. The maximum Gasteiger partial charge on any atom is 0.251 e. The highest BCUT2D eigenvalue weighted by molar-refractivity contribution is 7.89. The predicted molar refractivity (Wildman–Crippen MR) is 69.3 cm³/mol. The summed E-state index contributed by atoms with van der Waals surface area (Å²) < 4.78 is 54.7. The van der Waals surface area contributed by atoms with Crippen LogP contribution in [0.3, 0.4) is 0 Å². The van der Waals surface area contributed by atoms with Gasteiger partial charge in [0.05, 0.1) is 24.7 Å². The molecule has 0 spiro atoms. The lowest BCUT2D eigenvalue weighted by molar-refractivity contribution is 0.153. The van der Waals surface area contributed by atoms with E-state index in [2.05, 4.69) is 0 Å². The van der Waals surface area contributed by atoms with Crippen molar-refractivity contribution in [1.29, 1.82) is 0 Å². The van der Waals surface area contributed by atoms with Crippen molar-refractivity contribution in [2.24, 2.45) is 0 Å². The van der Waals surface area contributed by atoms with Crippen molar-refractivity contribution in [1.82, 2.24) is 4.72 Å². The Hall–Kier alpha value is -1.25. The van der Waals surface area contributed by atoms with Crippen molar-refractivity contribution in [3.8, 4) is 5.75 Å². The van der Waals surface area contributed by atoms with Crippen molar-refractivity contribution in [2.45, 2.75) is 31.3 Å². The Morgan fingerprint density at radius 2 is 2.10 bits per heavy atom. The fraction of sp³-hybridized carbons (Fsp3) is 0.500. The summed E-state index contributed by atoms with van der Waals surface area (Å²) >= 11 is 0. The molecule has 0 radical (unpaired) electrons. The van der Waals surface area contributed by atoms with Crippen LogP contribution in [0.15, 0.2) is 23.1 Å². The summed E-state index contributed by atoms with van der Waals surface area (Å²) in [4.78, 5) is -0.189. The smallest absolute Gasteiger partial charge is 0.251 e. The molecule has 0 atom stereocenters. The van der Waals surface area contributed by atoms with Gasteiger partial charge in [0.2, 0.25) is 10.0 Å². The van der Waals surface area contributed by atoms with Gasteiger partial charge >= 0.3 is 0 Å². The van der Waals surface area contributed by atoms with Gasteiger partial charge in [-0.1, -0.05) is 6.92 Å². The summed E-state index contributed by atoms with van der Waals surface area (Å²) in [7, 11) is -4.02. The molecule has 0 aliphatic rings. The number of ether oxygens (including phenoxy) is 1. The minimum absolute atomic E-state index is 0.189. The van der Waals surface area contributed by atoms with Crippen LogP contribution in [0.25, 0.3) is 0 Å². The van der Waals surface area contributed by atoms with Crippen LogP contribution in [0.5, 0.6) is 5.75 Å². The van der Waals surface area contributed by atoms with Crippen LogP contribution < -0.4 is 9.46 Å². The topological polar surface area (TPSA) is 75.6 Å². The highest BCUT2D eigenvalue weighted by Crippen LogP contribution is 2.23. The van der Waals surface area contributed by atoms with E-state index in [1.54, 1.807) is 4.72 Å². The number of alkyl halides is 2. The molecule has 5 nitrogen and oxygen atoms in total. The molecule has 0 fully saturated rings. The largest absolute Gasteiger partial charge is 0.493 e. The molecule has 0 aliphatic carbocycles. The number of nitrogens with one attached hydrogen (secondary N) is 1. The van der Waals surface area contributed by atoms with Crippen molar-refractivity contribution >= 4 is 10.0 Å². The molecule has 0 amide bonds.